The lowest BCUT2D eigenvalue weighted by Crippen LogP contribution is -2.10. The zero-order valence-corrected chi connectivity index (χ0v) is 14.0. The van der Waals surface area contributed by atoms with Crippen LogP contribution in [0.3, 0.4) is 0 Å². The number of nitrogens with one attached hydrogen (secondary N) is 1. The second kappa shape index (κ2) is 7.99. The largest absolute Gasteiger partial charge is 0.370 e. The SMILES string of the molecule is CCCCNc1nc(N)ncc1CCc1ccc(C(C)(F)F)nc1. The maximum atomic E-state index is 13.2. The number of hydrogen-bond acceptors (Lipinski definition) is 5. The fourth-order valence-electron chi connectivity index (χ4n) is 2.25. The Morgan fingerprint density at radius 1 is 1.17 bits per heavy atom. The molecule has 0 saturated carbocycles. The van der Waals surface area contributed by atoms with E-state index in [1.807, 2.05) is 0 Å². The van der Waals surface area contributed by atoms with Gasteiger partial charge in [-0.3, -0.25) is 4.98 Å². The summed E-state index contributed by atoms with van der Waals surface area (Å²) in [7, 11) is 0. The number of nitrogens with two attached hydrogens (primary N) is 1. The lowest BCUT2D eigenvalue weighted by Gasteiger charge is -2.12. The molecule has 0 fully saturated rings. The molecule has 0 spiro atoms. The Morgan fingerprint density at radius 2 is 1.96 bits per heavy atom. The van der Waals surface area contributed by atoms with Gasteiger partial charge in [-0.2, -0.15) is 13.8 Å². The zero-order chi connectivity index (χ0) is 17.6. The van der Waals surface area contributed by atoms with E-state index in [0.717, 1.165) is 43.3 Å². The number of alkyl halides is 2. The fourth-order valence-corrected chi connectivity index (χ4v) is 2.25. The van der Waals surface area contributed by atoms with Crippen molar-refractivity contribution in [2.45, 2.75) is 45.5 Å². The van der Waals surface area contributed by atoms with Crippen molar-refractivity contribution >= 4 is 11.8 Å². The summed E-state index contributed by atoms with van der Waals surface area (Å²) in [6, 6.07) is 3.05. The van der Waals surface area contributed by atoms with Gasteiger partial charge in [0.1, 0.15) is 11.5 Å². The van der Waals surface area contributed by atoms with Gasteiger partial charge in [-0.1, -0.05) is 19.4 Å². The highest BCUT2D eigenvalue weighted by Crippen LogP contribution is 2.25. The maximum Gasteiger partial charge on any atom is 0.286 e. The lowest BCUT2D eigenvalue weighted by molar-refractivity contribution is 0.0127. The van der Waals surface area contributed by atoms with E-state index in [0.29, 0.717) is 12.8 Å². The van der Waals surface area contributed by atoms with Crippen LogP contribution in [0.5, 0.6) is 0 Å². The summed E-state index contributed by atoms with van der Waals surface area (Å²) >= 11 is 0. The van der Waals surface area contributed by atoms with E-state index in [-0.39, 0.29) is 11.6 Å². The Bertz CT molecular complexity index is 653. The minimum absolute atomic E-state index is 0.219. The van der Waals surface area contributed by atoms with Crippen LogP contribution in [0.25, 0.3) is 0 Å². The van der Waals surface area contributed by atoms with Crippen molar-refractivity contribution in [3.05, 3.63) is 41.3 Å². The highest BCUT2D eigenvalue weighted by molar-refractivity contribution is 5.46. The number of unbranched alkanes of at least 4 members (excludes halogenated alkanes) is 1. The molecule has 2 heterocycles. The molecule has 0 atom stereocenters. The predicted octanol–water partition coefficient (Wildman–Crippen LogP) is 3.56. The van der Waals surface area contributed by atoms with Crippen LogP contribution < -0.4 is 11.1 Å². The van der Waals surface area contributed by atoms with Gasteiger partial charge in [0.05, 0.1) is 0 Å². The number of hydrogen-bond donors (Lipinski definition) is 2. The first-order chi connectivity index (χ1) is 11.4. The second-order valence-electron chi connectivity index (χ2n) is 5.82. The summed E-state index contributed by atoms with van der Waals surface area (Å²) in [6.45, 7) is 3.78. The van der Waals surface area contributed by atoms with Crippen LogP contribution in [0.1, 0.15) is 43.5 Å². The summed E-state index contributed by atoms with van der Waals surface area (Å²) < 4.78 is 26.4. The Labute approximate surface area is 140 Å². The fraction of sp³-hybridized carbons (Fsp3) is 0.471. The molecule has 24 heavy (non-hydrogen) atoms. The second-order valence-corrected chi connectivity index (χ2v) is 5.82. The third-order valence-corrected chi connectivity index (χ3v) is 3.66. The minimum atomic E-state index is -2.92. The van der Waals surface area contributed by atoms with Crippen molar-refractivity contribution in [3.8, 4) is 0 Å². The summed E-state index contributed by atoms with van der Waals surface area (Å²) in [5, 5.41) is 3.27. The molecule has 0 aliphatic carbocycles. The van der Waals surface area contributed by atoms with Gasteiger partial charge in [0.25, 0.3) is 5.92 Å². The third-order valence-electron chi connectivity index (χ3n) is 3.66. The van der Waals surface area contributed by atoms with Crippen molar-refractivity contribution in [1.82, 2.24) is 15.0 Å². The average Bonchev–Trinajstić information content (AvgIpc) is 2.54. The van der Waals surface area contributed by atoms with Crippen LogP contribution in [-0.2, 0) is 18.8 Å². The van der Waals surface area contributed by atoms with Crippen molar-refractivity contribution < 1.29 is 8.78 Å². The summed E-state index contributed by atoms with van der Waals surface area (Å²) in [5.41, 5.74) is 7.27. The normalized spacial score (nSPS) is 11.5. The van der Waals surface area contributed by atoms with Crippen molar-refractivity contribution in [3.63, 3.8) is 0 Å². The van der Waals surface area contributed by atoms with Gasteiger partial charge in [0.15, 0.2) is 0 Å². The molecule has 0 aliphatic rings. The molecule has 0 bridgehead atoms. The van der Waals surface area contributed by atoms with E-state index in [1.165, 1.54) is 12.3 Å². The molecule has 2 rings (SSSR count). The van der Waals surface area contributed by atoms with Crippen LogP contribution in [0.2, 0.25) is 0 Å². The molecule has 5 nitrogen and oxygen atoms in total. The summed E-state index contributed by atoms with van der Waals surface area (Å²) in [5.74, 6) is -1.95. The van der Waals surface area contributed by atoms with Gasteiger partial charge >= 0.3 is 0 Å². The first kappa shape index (κ1) is 18.0. The lowest BCUT2D eigenvalue weighted by atomic mass is 10.1. The number of nitrogen functional groups attached to an aromatic ring is 1. The molecule has 0 saturated heterocycles. The number of anilines is 2. The Hall–Kier alpha value is -2.31. The standard InChI is InChI=1S/C17H23F2N5/c1-3-4-9-21-15-13(11-23-16(20)24-15)7-5-12-6-8-14(22-10-12)17(2,18)19/h6,8,10-11H,3-5,7,9H2,1-2H3,(H3,20,21,23,24). The predicted molar refractivity (Wildman–Crippen MR) is 91.1 cm³/mol. The topological polar surface area (TPSA) is 76.7 Å². The highest BCUT2D eigenvalue weighted by Gasteiger charge is 2.25. The van der Waals surface area contributed by atoms with Gasteiger partial charge in [-0.15, -0.1) is 0 Å². The van der Waals surface area contributed by atoms with Gasteiger partial charge < -0.3 is 11.1 Å². The van der Waals surface area contributed by atoms with Crippen LogP contribution in [0.15, 0.2) is 24.5 Å². The number of nitrogens with zero attached hydrogens (tertiary/aromatic N) is 3. The van der Waals surface area contributed by atoms with Crippen LogP contribution in [0, 0.1) is 0 Å². The van der Waals surface area contributed by atoms with E-state index in [9.17, 15) is 8.78 Å². The van der Waals surface area contributed by atoms with Crippen molar-refractivity contribution in [2.75, 3.05) is 17.6 Å². The molecular weight excluding hydrogens is 312 g/mol. The Kier molecular flexibility index (Phi) is 6.00. The zero-order valence-electron chi connectivity index (χ0n) is 14.0. The minimum Gasteiger partial charge on any atom is -0.370 e. The van der Waals surface area contributed by atoms with Crippen molar-refractivity contribution in [1.29, 1.82) is 0 Å². The molecule has 0 unspecified atom stereocenters. The van der Waals surface area contributed by atoms with E-state index >= 15 is 0 Å². The number of aromatic nitrogens is 3. The molecular formula is C17H23F2N5. The van der Waals surface area contributed by atoms with E-state index in [4.69, 9.17) is 5.73 Å². The maximum absolute atomic E-state index is 13.2. The number of halogens is 2. The quantitative estimate of drug-likeness (QED) is 0.721. The van der Waals surface area contributed by atoms with E-state index in [1.54, 1.807) is 12.3 Å². The molecule has 0 aromatic carbocycles. The number of rotatable bonds is 8. The van der Waals surface area contributed by atoms with E-state index in [2.05, 4.69) is 27.2 Å². The van der Waals surface area contributed by atoms with Crippen LogP contribution in [-0.4, -0.2) is 21.5 Å². The molecule has 0 amide bonds. The highest BCUT2D eigenvalue weighted by atomic mass is 19.3. The Balaban J connectivity index is 2.03. The monoisotopic (exact) mass is 335 g/mol. The Morgan fingerprint density at radius 3 is 2.58 bits per heavy atom. The number of pyridine rings is 1. The molecule has 3 N–H and O–H groups in total. The van der Waals surface area contributed by atoms with Crippen LogP contribution in [0.4, 0.5) is 20.5 Å². The summed E-state index contributed by atoms with van der Waals surface area (Å²) in [6.07, 6.45) is 6.67. The van der Waals surface area contributed by atoms with Crippen molar-refractivity contribution in [2.24, 2.45) is 0 Å². The molecule has 130 valence electrons. The third kappa shape index (κ3) is 5.11. The van der Waals surface area contributed by atoms with Gasteiger partial charge in [-0.05, 0) is 30.9 Å². The first-order valence-corrected chi connectivity index (χ1v) is 8.08. The van der Waals surface area contributed by atoms with Crippen LogP contribution >= 0.6 is 0 Å². The number of aryl methyl sites for hydroxylation is 2. The van der Waals surface area contributed by atoms with E-state index < -0.39 is 5.92 Å². The smallest absolute Gasteiger partial charge is 0.286 e. The molecule has 2 aromatic rings. The molecule has 7 heteroatoms. The molecule has 0 aliphatic heterocycles. The molecule has 2 aromatic heterocycles. The van der Waals surface area contributed by atoms with Gasteiger partial charge in [0.2, 0.25) is 5.95 Å². The first-order valence-electron chi connectivity index (χ1n) is 8.08. The summed E-state index contributed by atoms with van der Waals surface area (Å²) in [4.78, 5) is 12.1. The van der Waals surface area contributed by atoms with Gasteiger partial charge in [0, 0.05) is 31.4 Å². The van der Waals surface area contributed by atoms with Gasteiger partial charge in [-0.25, -0.2) is 4.98 Å². The average molecular weight is 335 g/mol. The molecule has 0 radical (unpaired) electrons.